The zero-order chi connectivity index (χ0) is 18.4. The molecule has 0 radical (unpaired) electrons. The summed E-state index contributed by atoms with van der Waals surface area (Å²) in [7, 11) is 1.87. The van der Waals surface area contributed by atoms with Crippen molar-refractivity contribution in [2.45, 2.75) is 46.5 Å². The van der Waals surface area contributed by atoms with E-state index in [1.165, 1.54) is 12.5 Å². The van der Waals surface area contributed by atoms with Crippen LogP contribution < -0.4 is 10.1 Å². The monoisotopic (exact) mass is 333 g/mol. The normalized spacial score (nSPS) is 12.6. The predicted octanol–water partition coefficient (Wildman–Crippen LogP) is 4.65. The molecule has 134 valence electrons. The van der Waals surface area contributed by atoms with Gasteiger partial charge in [0.25, 0.3) is 0 Å². The molecule has 0 unspecified atom stereocenters. The quantitative estimate of drug-likeness (QED) is 0.583. The van der Waals surface area contributed by atoms with Crippen molar-refractivity contribution in [3.63, 3.8) is 0 Å². The molecule has 1 aromatic carbocycles. The van der Waals surface area contributed by atoms with Gasteiger partial charge in [-0.1, -0.05) is 26.0 Å². The van der Waals surface area contributed by atoms with Crippen molar-refractivity contribution in [2.75, 3.05) is 19.0 Å². The van der Waals surface area contributed by atoms with Crippen LogP contribution in [0.3, 0.4) is 0 Å². The number of benzene rings is 1. The molecule has 1 aliphatic rings. The van der Waals surface area contributed by atoms with E-state index in [4.69, 9.17) is 9.53 Å². The third kappa shape index (κ3) is 9.13. The SMILES string of the molecule is C=C1CC(CCC(=O)COc2ccc(NC)cc2)C1.CC.CC=O. The first-order valence-corrected chi connectivity index (χ1v) is 8.57. The number of aldehydes is 1. The highest BCUT2D eigenvalue weighted by molar-refractivity contribution is 5.79. The Morgan fingerprint density at radius 1 is 1.29 bits per heavy atom. The zero-order valence-electron chi connectivity index (χ0n) is 15.4. The number of nitrogens with one attached hydrogen (secondary N) is 1. The van der Waals surface area contributed by atoms with E-state index in [1.807, 2.05) is 45.2 Å². The molecule has 1 fully saturated rings. The van der Waals surface area contributed by atoms with E-state index >= 15 is 0 Å². The number of hydrogen-bond acceptors (Lipinski definition) is 4. The van der Waals surface area contributed by atoms with Gasteiger partial charge in [-0.3, -0.25) is 4.79 Å². The van der Waals surface area contributed by atoms with Gasteiger partial charge in [-0.25, -0.2) is 0 Å². The molecule has 4 heteroatoms. The molecule has 4 nitrogen and oxygen atoms in total. The van der Waals surface area contributed by atoms with E-state index in [9.17, 15) is 4.79 Å². The Bertz CT molecular complexity index is 486. The average Bonchev–Trinajstić information content (AvgIpc) is 2.59. The van der Waals surface area contributed by atoms with Gasteiger partial charge in [-0.15, -0.1) is 0 Å². The van der Waals surface area contributed by atoms with Crippen LogP contribution in [0.2, 0.25) is 0 Å². The number of Topliss-reactive ketones (excluding diaryl/α,β-unsaturated/α-hetero) is 1. The Kier molecular flexibility index (Phi) is 12.2. The highest BCUT2D eigenvalue weighted by Crippen LogP contribution is 2.34. The summed E-state index contributed by atoms with van der Waals surface area (Å²) in [5.74, 6) is 1.59. The maximum atomic E-state index is 11.7. The summed E-state index contributed by atoms with van der Waals surface area (Å²) in [6.45, 7) is 9.53. The molecule has 1 aliphatic carbocycles. The van der Waals surface area contributed by atoms with Gasteiger partial charge in [0.1, 0.15) is 18.6 Å². The van der Waals surface area contributed by atoms with Crippen LogP contribution in [0.5, 0.6) is 5.75 Å². The Balaban J connectivity index is 0.000000952. The molecule has 0 saturated heterocycles. The molecule has 0 heterocycles. The number of allylic oxidation sites excluding steroid dienone is 1. The van der Waals surface area contributed by atoms with Crippen molar-refractivity contribution in [1.82, 2.24) is 0 Å². The molecule has 1 aromatic rings. The first-order chi connectivity index (χ1) is 11.6. The number of carbonyl (C=O) groups excluding carboxylic acids is 2. The Morgan fingerprint density at radius 2 is 1.83 bits per heavy atom. The van der Waals surface area contributed by atoms with Crippen LogP contribution in [0.15, 0.2) is 36.4 Å². The van der Waals surface area contributed by atoms with Crippen LogP contribution >= 0.6 is 0 Å². The maximum Gasteiger partial charge on any atom is 0.170 e. The smallest absolute Gasteiger partial charge is 0.170 e. The molecule has 0 aliphatic heterocycles. The van der Waals surface area contributed by atoms with Crippen molar-refractivity contribution in [3.05, 3.63) is 36.4 Å². The second-order valence-electron chi connectivity index (χ2n) is 5.40. The number of rotatable bonds is 7. The molecule has 2 rings (SSSR count). The van der Waals surface area contributed by atoms with Gasteiger partial charge in [0.15, 0.2) is 5.78 Å². The standard InChI is InChI=1S/C16H21NO2.C2H4O.C2H6/c1-12-9-13(10-12)3-6-15(18)11-19-16-7-4-14(17-2)5-8-16;1-2-3;1-2/h4-5,7-8,13,17H,1,3,6,9-11H2,2H3;2H,1H3;1-2H3. The van der Waals surface area contributed by atoms with E-state index in [1.54, 1.807) is 0 Å². The van der Waals surface area contributed by atoms with Gasteiger partial charge < -0.3 is 14.8 Å². The largest absolute Gasteiger partial charge is 0.486 e. The van der Waals surface area contributed by atoms with Gasteiger partial charge in [0.05, 0.1) is 0 Å². The summed E-state index contributed by atoms with van der Waals surface area (Å²) < 4.78 is 5.48. The topological polar surface area (TPSA) is 55.4 Å². The molecule has 1 saturated carbocycles. The summed E-state index contributed by atoms with van der Waals surface area (Å²) in [5.41, 5.74) is 2.35. The molecule has 0 atom stereocenters. The van der Waals surface area contributed by atoms with Crippen LogP contribution in [0.25, 0.3) is 0 Å². The van der Waals surface area contributed by atoms with Crippen molar-refractivity contribution in [3.8, 4) is 5.75 Å². The van der Waals surface area contributed by atoms with Crippen LogP contribution in [0.1, 0.15) is 46.5 Å². The van der Waals surface area contributed by atoms with Crippen LogP contribution in [0.4, 0.5) is 5.69 Å². The van der Waals surface area contributed by atoms with Gasteiger partial charge in [-0.2, -0.15) is 0 Å². The Morgan fingerprint density at radius 3 is 2.29 bits per heavy atom. The summed E-state index contributed by atoms with van der Waals surface area (Å²) in [5, 5.41) is 3.04. The van der Waals surface area contributed by atoms with E-state index in [0.717, 1.165) is 37.0 Å². The highest BCUT2D eigenvalue weighted by Gasteiger charge is 2.21. The fraction of sp³-hybridized carbons (Fsp3) is 0.500. The fourth-order valence-electron chi connectivity index (χ4n) is 2.28. The lowest BCUT2D eigenvalue weighted by Gasteiger charge is -2.27. The molecule has 0 aromatic heterocycles. The van der Waals surface area contributed by atoms with Crippen LogP contribution in [0, 0.1) is 5.92 Å². The highest BCUT2D eigenvalue weighted by atomic mass is 16.5. The van der Waals surface area contributed by atoms with Gasteiger partial charge in [-0.05, 0) is 56.4 Å². The molecule has 1 N–H and O–H groups in total. The minimum Gasteiger partial charge on any atom is -0.486 e. The van der Waals surface area contributed by atoms with E-state index in [0.29, 0.717) is 12.3 Å². The summed E-state index contributed by atoms with van der Waals surface area (Å²) in [6.07, 6.45) is 4.53. The Labute approximate surface area is 146 Å². The number of ether oxygens (including phenoxy) is 1. The minimum atomic E-state index is 0.173. The number of hydrogen-bond donors (Lipinski definition) is 1. The van der Waals surface area contributed by atoms with E-state index in [2.05, 4.69) is 11.9 Å². The third-order valence-corrected chi connectivity index (χ3v) is 3.53. The molecule has 0 bridgehead atoms. The van der Waals surface area contributed by atoms with Crippen LogP contribution in [-0.2, 0) is 9.59 Å². The number of ketones is 1. The Hall–Kier alpha value is -2.10. The van der Waals surface area contributed by atoms with Crippen molar-refractivity contribution >= 4 is 17.8 Å². The van der Waals surface area contributed by atoms with E-state index in [-0.39, 0.29) is 12.4 Å². The van der Waals surface area contributed by atoms with Crippen molar-refractivity contribution in [2.24, 2.45) is 5.92 Å². The lowest BCUT2D eigenvalue weighted by molar-refractivity contribution is -0.121. The maximum absolute atomic E-state index is 11.7. The van der Waals surface area contributed by atoms with Gasteiger partial charge in [0, 0.05) is 19.2 Å². The fourth-order valence-corrected chi connectivity index (χ4v) is 2.28. The van der Waals surface area contributed by atoms with Gasteiger partial charge in [0.2, 0.25) is 0 Å². The van der Waals surface area contributed by atoms with Gasteiger partial charge >= 0.3 is 0 Å². The lowest BCUT2D eigenvalue weighted by Crippen LogP contribution is -2.17. The summed E-state index contributed by atoms with van der Waals surface area (Å²) >= 11 is 0. The van der Waals surface area contributed by atoms with Crippen LogP contribution in [-0.4, -0.2) is 25.7 Å². The average molecular weight is 333 g/mol. The number of carbonyl (C=O) groups is 2. The molecule has 0 spiro atoms. The van der Waals surface area contributed by atoms with Crippen molar-refractivity contribution < 1.29 is 14.3 Å². The molecule has 24 heavy (non-hydrogen) atoms. The minimum absolute atomic E-state index is 0.173. The molecular formula is C20H31NO3. The zero-order valence-corrected chi connectivity index (χ0v) is 15.4. The summed E-state index contributed by atoms with van der Waals surface area (Å²) in [4.78, 5) is 20.5. The number of anilines is 1. The summed E-state index contributed by atoms with van der Waals surface area (Å²) in [6, 6.07) is 7.60. The molecule has 0 amide bonds. The molecular weight excluding hydrogens is 302 g/mol. The predicted molar refractivity (Wildman–Crippen MR) is 101 cm³/mol. The first-order valence-electron chi connectivity index (χ1n) is 8.57. The van der Waals surface area contributed by atoms with Crippen molar-refractivity contribution in [1.29, 1.82) is 0 Å². The second kappa shape index (κ2) is 13.3. The third-order valence-electron chi connectivity index (χ3n) is 3.53. The second-order valence-corrected chi connectivity index (χ2v) is 5.40. The van der Waals surface area contributed by atoms with E-state index < -0.39 is 0 Å². The first kappa shape index (κ1) is 21.9. The lowest BCUT2D eigenvalue weighted by atomic mass is 9.78.